The standard InChI is InChI=1S/C17H28N4O/c1-5-20(4)16-7-6-14(11-19-16)12-21-9-8-18-17(22)15(21)10-13(2)3/h6-7,11,13,15H,5,8-10,12H2,1-4H3,(H,18,22)/t15-/m0/s1. The van der Waals surface area contributed by atoms with E-state index >= 15 is 0 Å². The van der Waals surface area contributed by atoms with Crippen molar-refractivity contribution < 1.29 is 4.79 Å². The average Bonchev–Trinajstić information content (AvgIpc) is 2.50. The van der Waals surface area contributed by atoms with Crippen LogP contribution >= 0.6 is 0 Å². The van der Waals surface area contributed by atoms with Crippen LogP contribution in [0.4, 0.5) is 5.82 Å². The number of amides is 1. The second-order valence-electron chi connectivity index (χ2n) is 6.45. The van der Waals surface area contributed by atoms with Gasteiger partial charge in [0.1, 0.15) is 5.82 Å². The predicted molar refractivity (Wildman–Crippen MR) is 89.8 cm³/mol. The van der Waals surface area contributed by atoms with Gasteiger partial charge in [-0.25, -0.2) is 4.98 Å². The van der Waals surface area contributed by atoms with Crippen LogP contribution in [0, 0.1) is 5.92 Å². The molecule has 0 aromatic carbocycles. The van der Waals surface area contributed by atoms with E-state index in [1.54, 1.807) is 0 Å². The first-order chi connectivity index (χ1) is 10.5. The van der Waals surface area contributed by atoms with Crippen molar-refractivity contribution in [1.82, 2.24) is 15.2 Å². The fourth-order valence-corrected chi connectivity index (χ4v) is 2.79. The molecule has 1 N–H and O–H groups in total. The number of nitrogens with one attached hydrogen (secondary N) is 1. The summed E-state index contributed by atoms with van der Waals surface area (Å²) in [5.74, 6) is 1.66. The maximum Gasteiger partial charge on any atom is 0.237 e. The Labute approximate surface area is 133 Å². The molecule has 0 radical (unpaired) electrons. The molecule has 1 aliphatic heterocycles. The van der Waals surface area contributed by atoms with E-state index in [1.165, 1.54) is 0 Å². The molecular weight excluding hydrogens is 276 g/mol. The zero-order chi connectivity index (χ0) is 16.1. The van der Waals surface area contributed by atoms with E-state index < -0.39 is 0 Å². The maximum absolute atomic E-state index is 12.1. The normalized spacial score (nSPS) is 19.3. The zero-order valence-electron chi connectivity index (χ0n) is 14.2. The third kappa shape index (κ3) is 4.19. The largest absolute Gasteiger partial charge is 0.360 e. The number of carbonyl (C=O) groups excluding carboxylic acids is 1. The summed E-state index contributed by atoms with van der Waals surface area (Å²) in [6, 6.07) is 4.15. The van der Waals surface area contributed by atoms with Gasteiger partial charge in [0, 0.05) is 39.4 Å². The van der Waals surface area contributed by atoms with Gasteiger partial charge in [0.2, 0.25) is 5.91 Å². The van der Waals surface area contributed by atoms with E-state index in [-0.39, 0.29) is 11.9 Å². The number of anilines is 1. The Kier molecular flexibility index (Phi) is 5.77. The third-order valence-corrected chi connectivity index (χ3v) is 4.20. The third-order valence-electron chi connectivity index (χ3n) is 4.20. The molecule has 1 amide bonds. The van der Waals surface area contributed by atoms with Gasteiger partial charge in [-0.2, -0.15) is 0 Å². The lowest BCUT2D eigenvalue weighted by molar-refractivity contribution is -0.130. The Hall–Kier alpha value is -1.62. The summed E-state index contributed by atoms with van der Waals surface area (Å²) >= 11 is 0. The average molecular weight is 304 g/mol. The molecule has 122 valence electrons. The van der Waals surface area contributed by atoms with Gasteiger partial charge in [0.05, 0.1) is 6.04 Å². The molecule has 1 aromatic rings. The van der Waals surface area contributed by atoms with Crippen molar-refractivity contribution in [2.75, 3.05) is 31.6 Å². The number of piperazine rings is 1. The minimum atomic E-state index is -0.0215. The van der Waals surface area contributed by atoms with Crippen molar-refractivity contribution in [3.8, 4) is 0 Å². The summed E-state index contributed by atoms with van der Waals surface area (Å²) in [5, 5.41) is 2.98. The fourth-order valence-electron chi connectivity index (χ4n) is 2.79. The minimum absolute atomic E-state index is 0.0215. The molecule has 0 saturated carbocycles. The van der Waals surface area contributed by atoms with Crippen LogP contribution in [0.15, 0.2) is 18.3 Å². The summed E-state index contributed by atoms with van der Waals surface area (Å²) in [7, 11) is 2.04. The number of hydrogen-bond acceptors (Lipinski definition) is 4. The SMILES string of the molecule is CCN(C)c1ccc(CN2CCNC(=O)[C@@H]2CC(C)C)cn1. The molecular formula is C17H28N4O. The van der Waals surface area contributed by atoms with Gasteiger partial charge in [-0.15, -0.1) is 0 Å². The van der Waals surface area contributed by atoms with E-state index in [4.69, 9.17) is 0 Å². The lowest BCUT2D eigenvalue weighted by Crippen LogP contribution is -2.55. The second-order valence-corrected chi connectivity index (χ2v) is 6.45. The highest BCUT2D eigenvalue weighted by Gasteiger charge is 2.29. The van der Waals surface area contributed by atoms with E-state index in [2.05, 4.69) is 53.0 Å². The van der Waals surface area contributed by atoms with Crippen molar-refractivity contribution in [1.29, 1.82) is 0 Å². The molecule has 1 aliphatic rings. The van der Waals surface area contributed by atoms with Crippen LogP contribution in [-0.2, 0) is 11.3 Å². The molecule has 1 saturated heterocycles. The van der Waals surface area contributed by atoms with Crippen molar-refractivity contribution >= 4 is 11.7 Å². The number of hydrogen-bond donors (Lipinski definition) is 1. The Morgan fingerprint density at radius 3 is 2.82 bits per heavy atom. The van der Waals surface area contributed by atoms with Gasteiger partial charge in [-0.05, 0) is 30.9 Å². The number of rotatable bonds is 6. The molecule has 0 aliphatic carbocycles. The van der Waals surface area contributed by atoms with E-state index in [0.29, 0.717) is 5.92 Å². The van der Waals surface area contributed by atoms with E-state index in [9.17, 15) is 4.79 Å². The summed E-state index contributed by atoms with van der Waals surface area (Å²) in [4.78, 5) is 21.0. The second kappa shape index (κ2) is 7.58. The van der Waals surface area contributed by atoms with Gasteiger partial charge in [0.25, 0.3) is 0 Å². The van der Waals surface area contributed by atoms with Crippen LogP contribution in [0.5, 0.6) is 0 Å². The summed E-state index contributed by atoms with van der Waals surface area (Å²) in [6.07, 6.45) is 2.83. The van der Waals surface area contributed by atoms with E-state index in [1.807, 2.05) is 13.2 Å². The Bertz CT molecular complexity index is 486. The first-order valence-electron chi connectivity index (χ1n) is 8.19. The highest BCUT2D eigenvalue weighted by atomic mass is 16.2. The van der Waals surface area contributed by atoms with Crippen molar-refractivity contribution in [2.24, 2.45) is 5.92 Å². The van der Waals surface area contributed by atoms with Crippen molar-refractivity contribution in [3.05, 3.63) is 23.9 Å². The van der Waals surface area contributed by atoms with Gasteiger partial charge in [-0.3, -0.25) is 9.69 Å². The number of carbonyl (C=O) groups is 1. The van der Waals surface area contributed by atoms with E-state index in [0.717, 1.165) is 44.0 Å². The smallest absolute Gasteiger partial charge is 0.237 e. The quantitative estimate of drug-likeness (QED) is 0.872. The van der Waals surface area contributed by atoms with Gasteiger partial charge in [0.15, 0.2) is 0 Å². The van der Waals surface area contributed by atoms with Crippen LogP contribution in [0.25, 0.3) is 0 Å². The Balaban J connectivity index is 2.05. The number of pyridine rings is 1. The van der Waals surface area contributed by atoms with Crippen LogP contribution in [-0.4, -0.2) is 48.5 Å². The molecule has 1 fully saturated rings. The lowest BCUT2D eigenvalue weighted by atomic mass is 9.99. The summed E-state index contributed by atoms with van der Waals surface area (Å²) < 4.78 is 0. The number of nitrogens with zero attached hydrogens (tertiary/aromatic N) is 3. The molecule has 22 heavy (non-hydrogen) atoms. The molecule has 1 aromatic heterocycles. The van der Waals surface area contributed by atoms with Crippen molar-refractivity contribution in [3.63, 3.8) is 0 Å². The fraction of sp³-hybridized carbons (Fsp3) is 0.647. The molecule has 0 bridgehead atoms. The molecule has 0 unspecified atom stereocenters. The molecule has 0 spiro atoms. The van der Waals surface area contributed by atoms with Crippen LogP contribution in [0.1, 0.15) is 32.8 Å². The first kappa shape index (κ1) is 16.7. The highest BCUT2D eigenvalue weighted by Crippen LogP contribution is 2.18. The summed E-state index contributed by atoms with van der Waals surface area (Å²) in [5.41, 5.74) is 1.16. The summed E-state index contributed by atoms with van der Waals surface area (Å²) in [6.45, 7) is 9.80. The van der Waals surface area contributed by atoms with Crippen LogP contribution < -0.4 is 10.2 Å². The van der Waals surface area contributed by atoms with Gasteiger partial charge < -0.3 is 10.2 Å². The zero-order valence-corrected chi connectivity index (χ0v) is 14.2. The topological polar surface area (TPSA) is 48.5 Å². The number of aromatic nitrogens is 1. The van der Waals surface area contributed by atoms with Crippen LogP contribution in [0.2, 0.25) is 0 Å². The van der Waals surface area contributed by atoms with Gasteiger partial charge >= 0.3 is 0 Å². The maximum atomic E-state index is 12.1. The molecule has 2 heterocycles. The lowest BCUT2D eigenvalue weighted by Gasteiger charge is -2.35. The van der Waals surface area contributed by atoms with Crippen LogP contribution in [0.3, 0.4) is 0 Å². The monoisotopic (exact) mass is 304 g/mol. The predicted octanol–water partition coefficient (Wildman–Crippen LogP) is 1.88. The minimum Gasteiger partial charge on any atom is -0.360 e. The molecule has 5 heteroatoms. The van der Waals surface area contributed by atoms with Gasteiger partial charge in [-0.1, -0.05) is 19.9 Å². The molecule has 2 rings (SSSR count). The highest BCUT2D eigenvalue weighted by molar-refractivity contribution is 5.82. The Morgan fingerprint density at radius 1 is 1.45 bits per heavy atom. The molecule has 1 atom stereocenters. The Morgan fingerprint density at radius 2 is 2.23 bits per heavy atom. The molecule has 5 nitrogen and oxygen atoms in total. The van der Waals surface area contributed by atoms with Crippen molar-refractivity contribution in [2.45, 2.75) is 39.8 Å². The first-order valence-corrected chi connectivity index (χ1v) is 8.19.